The highest BCUT2D eigenvalue weighted by atomic mass is 16.4. The van der Waals surface area contributed by atoms with Gasteiger partial charge in [0.05, 0.1) is 6.54 Å². The number of carboxylic acid groups (broad SMARTS) is 1. The minimum absolute atomic E-state index is 0.249. The van der Waals surface area contributed by atoms with Gasteiger partial charge in [-0.1, -0.05) is 26.7 Å². The van der Waals surface area contributed by atoms with Crippen molar-refractivity contribution in [3.8, 4) is 0 Å². The second-order valence-corrected chi connectivity index (χ2v) is 6.06. The fourth-order valence-electron chi connectivity index (χ4n) is 3.41. The molecule has 0 spiro atoms. The topological polar surface area (TPSA) is 40.5 Å². The van der Waals surface area contributed by atoms with Gasteiger partial charge >= 0.3 is 5.97 Å². The molecule has 2 unspecified atom stereocenters. The molecule has 3 nitrogen and oxygen atoms in total. The van der Waals surface area contributed by atoms with E-state index in [2.05, 4.69) is 18.7 Å². The van der Waals surface area contributed by atoms with Crippen molar-refractivity contribution in [1.82, 2.24) is 4.90 Å². The third-order valence-corrected chi connectivity index (χ3v) is 4.40. The van der Waals surface area contributed by atoms with Crippen LogP contribution in [0.15, 0.2) is 0 Å². The van der Waals surface area contributed by atoms with Crippen molar-refractivity contribution in [1.29, 1.82) is 0 Å². The second-order valence-electron chi connectivity index (χ2n) is 6.06. The number of carboxylic acids is 1. The molecule has 0 aromatic rings. The molecule has 0 heterocycles. The number of aliphatic carboxylic acids is 1. The standard InChI is InChI=1S/C14H25NO2/c1-10(2)12-5-3-4-6-13(12)15(9-14(16)17)11-7-8-11/h10-13H,3-9H2,1-2H3,(H,16,17). The van der Waals surface area contributed by atoms with Crippen LogP contribution >= 0.6 is 0 Å². The van der Waals surface area contributed by atoms with Gasteiger partial charge in [0, 0.05) is 12.1 Å². The zero-order valence-corrected chi connectivity index (χ0v) is 11.1. The van der Waals surface area contributed by atoms with E-state index in [1.165, 1.54) is 38.5 Å². The van der Waals surface area contributed by atoms with Crippen molar-refractivity contribution in [2.45, 2.75) is 64.5 Å². The van der Waals surface area contributed by atoms with E-state index in [1.807, 2.05) is 0 Å². The van der Waals surface area contributed by atoms with E-state index in [4.69, 9.17) is 5.11 Å². The molecule has 0 radical (unpaired) electrons. The highest BCUT2D eigenvalue weighted by molar-refractivity contribution is 5.69. The lowest BCUT2D eigenvalue weighted by atomic mass is 9.77. The summed E-state index contributed by atoms with van der Waals surface area (Å²) in [6.45, 7) is 4.82. The maximum atomic E-state index is 11.0. The lowest BCUT2D eigenvalue weighted by Gasteiger charge is -2.41. The Morgan fingerprint density at radius 2 is 1.88 bits per heavy atom. The normalized spacial score (nSPS) is 29.9. The summed E-state index contributed by atoms with van der Waals surface area (Å²) in [5.74, 6) is 0.712. The predicted octanol–water partition coefficient (Wildman–Crippen LogP) is 2.75. The summed E-state index contributed by atoms with van der Waals surface area (Å²) >= 11 is 0. The summed E-state index contributed by atoms with van der Waals surface area (Å²) in [6, 6.07) is 1.09. The van der Waals surface area contributed by atoms with E-state index >= 15 is 0 Å². The van der Waals surface area contributed by atoms with Crippen molar-refractivity contribution in [2.24, 2.45) is 11.8 Å². The largest absolute Gasteiger partial charge is 0.480 e. The molecule has 17 heavy (non-hydrogen) atoms. The first-order valence-corrected chi connectivity index (χ1v) is 7.07. The van der Waals surface area contributed by atoms with Crippen molar-refractivity contribution < 1.29 is 9.90 Å². The Hall–Kier alpha value is -0.570. The molecular weight excluding hydrogens is 214 g/mol. The van der Waals surface area contributed by atoms with Crippen molar-refractivity contribution in [2.75, 3.05) is 6.54 Å². The fourth-order valence-corrected chi connectivity index (χ4v) is 3.41. The summed E-state index contributed by atoms with van der Waals surface area (Å²) in [6.07, 6.45) is 7.49. The van der Waals surface area contributed by atoms with Crippen LogP contribution in [-0.2, 0) is 4.79 Å². The van der Waals surface area contributed by atoms with Gasteiger partial charge in [-0.3, -0.25) is 9.69 Å². The molecule has 0 aromatic carbocycles. The third-order valence-electron chi connectivity index (χ3n) is 4.40. The van der Waals surface area contributed by atoms with Crippen LogP contribution < -0.4 is 0 Å². The van der Waals surface area contributed by atoms with Gasteiger partial charge in [-0.2, -0.15) is 0 Å². The molecule has 0 amide bonds. The Balaban J connectivity index is 2.06. The van der Waals surface area contributed by atoms with E-state index < -0.39 is 5.97 Å². The maximum absolute atomic E-state index is 11.0. The molecular formula is C14H25NO2. The molecule has 2 aliphatic carbocycles. The van der Waals surface area contributed by atoms with Crippen molar-refractivity contribution >= 4 is 5.97 Å². The lowest BCUT2D eigenvalue weighted by Crippen LogP contribution is -2.47. The first-order valence-electron chi connectivity index (χ1n) is 7.07. The zero-order valence-electron chi connectivity index (χ0n) is 11.1. The van der Waals surface area contributed by atoms with Crippen LogP contribution in [0.25, 0.3) is 0 Å². The second kappa shape index (κ2) is 5.38. The third kappa shape index (κ3) is 3.21. The molecule has 1 N–H and O–H groups in total. The fraction of sp³-hybridized carbons (Fsp3) is 0.929. The van der Waals surface area contributed by atoms with Gasteiger partial charge < -0.3 is 5.11 Å². The maximum Gasteiger partial charge on any atom is 0.317 e. The number of hydrogen-bond donors (Lipinski definition) is 1. The Bertz CT molecular complexity index is 273. The van der Waals surface area contributed by atoms with Gasteiger partial charge in [0.1, 0.15) is 0 Å². The predicted molar refractivity (Wildman–Crippen MR) is 67.9 cm³/mol. The molecule has 2 aliphatic rings. The summed E-state index contributed by atoms with van der Waals surface area (Å²) in [5, 5.41) is 9.07. The minimum Gasteiger partial charge on any atom is -0.480 e. The van der Waals surface area contributed by atoms with E-state index in [0.717, 1.165) is 0 Å². The molecule has 0 saturated heterocycles. The van der Waals surface area contributed by atoms with Gasteiger partial charge in [0.25, 0.3) is 0 Å². The van der Waals surface area contributed by atoms with Crippen LogP contribution in [0.4, 0.5) is 0 Å². The number of hydrogen-bond acceptors (Lipinski definition) is 2. The number of carbonyl (C=O) groups is 1. The van der Waals surface area contributed by atoms with Gasteiger partial charge in [0.2, 0.25) is 0 Å². The summed E-state index contributed by atoms with van der Waals surface area (Å²) in [5.41, 5.74) is 0. The molecule has 3 heteroatoms. The highest BCUT2D eigenvalue weighted by Crippen LogP contribution is 2.38. The molecule has 0 bridgehead atoms. The van der Waals surface area contributed by atoms with Crippen LogP contribution in [0.5, 0.6) is 0 Å². The molecule has 2 rings (SSSR count). The van der Waals surface area contributed by atoms with Crippen LogP contribution in [-0.4, -0.2) is 34.6 Å². The minimum atomic E-state index is -0.662. The summed E-state index contributed by atoms with van der Waals surface area (Å²) in [4.78, 5) is 13.3. The van der Waals surface area contributed by atoms with Crippen molar-refractivity contribution in [3.63, 3.8) is 0 Å². The van der Waals surface area contributed by atoms with Gasteiger partial charge in [-0.05, 0) is 37.5 Å². The molecule has 98 valence electrons. The van der Waals surface area contributed by atoms with Gasteiger partial charge in [0.15, 0.2) is 0 Å². The number of nitrogens with zero attached hydrogens (tertiary/aromatic N) is 1. The first-order chi connectivity index (χ1) is 8.09. The molecule has 2 atom stereocenters. The zero-order chi connectivity index (χ0) is 12.4. The van der Waals surface area contributed by atoms with Gasteiger partial charge in [-0.25, -0.2) is 0 Å². The van der Waals surface area contributed by atoms with Crippen molar-refractivity contribution in [3.05, 3.63) is 0 Å². The van der Waals surface area contributed by atoms with Crippen LogP contribution in [0.1, 0.15) is 52.4 Å². The average molecular weight is 239 g/mol. The summed E-state index contributed by atoms with van der Waals surface area (Å²) < 4.78 is 0. The lowest BCUT2D eigenvalue weighted by molar-refractivity contribution is -0.139. The Morgan fingerprint density at radius 1 is 1.24 bits per heavy atom. The molecule has 2 saturated carbocycles. The SMILES string of the molecule is CC(C)C1CCCCC1N(CC(=O)O)C1CC1. The van der Waals surface area contributed by atoms with E-state index in [9.17, 15) is 4.79 Å². The van der Waals surface area contributed by atoms with Crippen LogP contribution in [0, 0.1) is 11.8 Å². The monoisotopic (exact) mass is 239 g/mol. The molecule has 0 aromatic heterocycles. The van der Waals surface area contributed by atoms with E-state index in [1.54, 1.807) is 0 Å². The Labute approximate surface area is 104 Å². The Kier molecular flexibility index (Phi) is 4.08. The smallest absolute Gasteiger partial charge is 0.317 e. The quantitative estimate of drug-likeness (QED) is 0.802. The average Bonchev–Trinajstić information content (AvgIpc) is 3.09. The van der Waals surface area contributed by atoms with Gasteiger partial charge in [-0.15, -0.1) is 0 Å². The first kappa shape index (κ1) is 12.9. The number of rotatable bonds is 5. The van der Waals surface area contributed by atoms with Crippen LogP contribution in [0.3, 0.4) is 0 Å². The molecule has 0 aliphatic heterocycles. The Morgan fingerprint density at radius 3 is 2.41 bits per heavy atom. The molecule has 2 fully saturated rings. The summed E-state index contributed by atoms with van der Waals surface area (Å²) in [7, 11) is 0. The van der Waals surface area contributed by atoms with Crippen LogP contribution in [0.2, 0.25) is 0 Å². The van der Waals surface area contributed by atoms with E-state index in [0.29, 0.717) is 23.9 Å². The van der Waals surface area contributed by atoms with E-state index in [-0.39, 0.29) is 6.54 Å². The highest BCUT2D eigenvalue weighted by Gasteiger charge is 2.40.